The van der Waals surface area contributed by atoms with Gasteiger partial charge in [0.25, 0.3) is 5.91 Å². The van der Waals surface area contributed by atoms with Gasteiger partial charge in [-0.25, -0.2) is 0 Å². The number of pyridine rings is 1. The number of piperidine rings is 1. The zero-order chi connectivity index (χ0) is 23.1. The van der Waals surface area contributed by atoms with Gasteiger partial charge >= 0.3 is 0 Å². The number of ether oxygens (including phenoxy) is 1. The van der Waals surface area contributed by atoms with Gasteiger partial charge < -0.3 is 14.5 Å². The van der Waals surface area contributed by atoms with E-state index in [9.17, 15) is 4.79 Å². The van der Waals surface area contributed by atoms with E-state index in [0.717, 1.165) is 69.5 Å². The maximum atomic E-state index is 13.8. The van der Waals surface area contributed by atoms with Crippen LogP contribution in [0.1, 0.15) is 47.2 Å². The quantitative estimate of drug-likeness (QED) is 0.555. The molecule has 3 aliphatic heterocycles. The van der Waals surface area contributed by atoms with Gasteiger partial charge in [0, 0.05) is 54.2 Å². The number of benzene rings is 2. The zero-order valence-electron chi connectivity index (χ0n) is 20.0. The molecule has 0 aliphatic carbocycles. The van der Waals surface area contributed by atoms with Crippen LogP contribution in [-0.4, -0.2) is 54.2 Å². The van der Waals surface area contributed by atoms with Crippen LogP contribution in [0.25, 0.3) is 10.8 Å². The Kier molecular flexibility index (Phi) is 5.74. The normalized spacial score (nSPS) is 24.6. The molecule has 0 radical (unpaired) electrons. The van der Waals surface area contributed by atoms with E-state index in [-0.39, 0.29) is 5.91 Å². The van der Waals surface area contributed by atoms with Gasteiger partial charge in [0.15, 0.2) is 0 Å². The molecule has 0 N–H and O–H groups in total. The fraction of sp³-hybridized carbons (Fsp3) is 0.448. The summed E-state index contributed by atoms with van der Waals surface area (Å²) in [6, 6.07) is 15.8. The lowest BCUT2D eigenvalue weighted by Gasteiger charge is -2.40. The van der Waals surface area contributed by atoms with Crippen molar-refractivity contribution < 1.29 is 9.53 Å². The molecule has 3 aliphatic rings. The molecule has 1 amide bonds. The Bertz CT molecular complexity index is 1190. The molecular formula is C29H33N3O2. The van der Waals surface area contributed by atoms with Gasteiger partial charge in [-0.05, 0) is 79.7 Å². The van der Waals surface area contributed by atoms with Crippen LogP contribution in [0.4, 0.5) is 5.69 Å². The van der Waals surface area contributed by atoms with E-state index in [4.69, 9.17) is 4.74 Å². The average Bonchev–Trinajstić information content (AvgIpc) is 3.14. The Balaban J connectivity index is 1.18. The lowest BCUT2D eigenvalue weighted by Crippen LogP contribution is -2.47. The first-order valence-corrected chi connectivity index (χ1v) is 12.7. The number of carbonyl (C=O) groups is 1. The molecule has 2 bridgehead atoms. The van der Waals surface area contributed by atoms with Crippen molar-refractivity contribution in [2.75, 3.05) is 31.2 Å². The van der Waals surface area contributed by atoms with E-state index < -0.39 is 0 Å². The topological polar surface area (TPSA) is 45.7 Å². The monoisotopic (exact) mass is 455 g/mol. The average molecular weight is 456 g/mol. The number of nitrogens with zero attached hydrogens (tertiary/aromatic N) is 3. The van der Waals surface area contributed by atoms with Crippen LogP contribution in [0.15, 0.2) is 54.9 Å². The molecule has 2 aromatic carbocycles. The predicted molar refractivity (Wildman–Crippen MR) is 135 cm³/mol. The predicted octanol–water partition coefficient (Wildman–Crippen LogP) is 5.01. The van der Waals surface area contributed by atoms with E-state index in [2.05, 4.69) is 58.1 Å². The number of amides is 1. The van der Waals surface area contributed by atoms with Crippen LogP contribution in [-0.2, 0) is 11.2 Å². The summed E-state index contributed by atoms with van der Waals surface area (Å²) in [5.74, 6) is 0.874. The van der Waals surface area contributed by atoms with Gasteiger partial charge in [-0.1, -0.05) is 24.3 Å². The maximum absolute atomic E-state index is 13.8. The van der Waals surface area contributed by atoms with Crippen LogP contribution in [0, 0.1) is 12.8 Å². The van der Waals surface area contributed by atoms with Crippen molar-refractivity contribution in [3.8, 4) is 0 Å². The van der Waals surface area contributed by atoms with Crippen molar-refractivity contribution in [2.24, 2.45) is 5.92 Å². The van der Waals surface area contributed by atoms with Gasteiger partial charge in [-0.15, -0.1) is 0 Å². The molecule has 3 aromatic rings. The number of rotatable bonds is 4. The second-order valence-electron chi connectivity index (χ2n) is 10.2. The largest absolute Gasteiger partial charge is 0.378 e. The number of anilines is 1. The lowest BCUT2D eigenvalue weighted by atomic mass is 9.85. The van der Waals surface area contributed by atoms with E-state index in [0.29, 0.717) is 18.0 Å². The summed E-state index contributed by atoms with van der Waals surface area (Å²) >= 11 is 0. The fourth-order valence-corrected chi connectivity index (χ4v) is 6.52. The van der Waals surface area contributed by atoms with Gasteiger partial charge in [0.2, 0.25) is 0 Å². The van der Waals surface area contributed by atoms with Crippen molar-refractivity contribution in [2.45, 2.75) is 51.1 Å². The number of morpholine rings is 1. The highest BCUT2D eigenvalue weighted by atomic mass is 16.5. The third-order valence-corrected chi connectivity index (χ3v) is 8.18. The first-order valence-electron chi connectivity index (χ1n) is 12.7. The second kappa shape index (κ2) is 9.03. The van der Waals surface area contributed by atoms with E-state index >= 15 is 0 Å². The lowest BCUT2D eigenvalue weighted by molar-refractivity contribution is 0.0524. The van der Waals surface area contributed by atoms with Crippen LogP contribution in [0.3, 0.4) is 0 Å². The zero-order valence-corrected chi connectivity index (χ0v) is 20.0. The number of fused-ring (bicyclic) bond motifs is 3. The van der Waals surface area contributed by atoms with Crippen LogP contribution >= 0.6 is 0 Å². The molecule has 0 unspecified atom stereocenters. The Labute approximate surface area is 201 Å². The molecule has 5 heteroatoms. The number of hydrogen-bond donors (Lipinski definition) is 0. The highest BCUT2D eigenvalue weighted by Gasteiger charge is 2.43. The molecule has 3 fully saturated rings. The minimum atomic E-state index is 0.233. The Hall–Kier alpha value is -2.92. The summed E-state index contributed by atoms with van der Waals surface area (Å²) < 4.78 is 5.52. The molecule has 0 saturated carbocycles. The molecular weight excluding hydrogens is 422 g/mol. The summed E-state index contributed by atoms with van der Waals surface area (Å²) in [6.07, 6.45) is 9.39. The van der Waals surface area contributed by atoms with Gasteiger partial charge in [0.05, 0.1) is 13.2 Å². The molecule has 6 rings (SSSR count). The second-order valence-corrected chi connectivity index (χ2v) is 10.2. The molecule has 3 saturated heterocycles. The van der Waals surface area contributed by atoms with Crippen LogP contribution in [0.2, 0.25) is 0 Å². The molecule has 5 nitrogen and oxygen atoms in total. The molecule has 1 aromatic heterocycles. The van der Waals surface area contributed by atoms with Crippen LogP contribution < -0.4 is 4.90 Å². The summed E-state index contributed by atoms with van der Waals surface area (Å²) in [5.41, 5.74) is 4.57. The third-order valence-electron chi connectivity index (χ3n) is 8.18. The first-order chi connectivity index (χ1) is 16.7. The summed E-state index contributed by atoms with van der Waals surface area (Å²) in [6.45, 7) is 5.40. The van der Waals surface area contributed by atoms with E-state index in [1.807, 2.05) is 18.5 Å². The van der Waals surface area contributed by atoms with E-state index in [1.165, 1.54) is 22.0 Å². The molecule has 176 valence electrons. The highest BCUT2D eigenvalue weighted by Crippen LogP contribution is 2.41. The van der Waals surface area contributed by atoms with Gasteiger partial charge in [-0.3, -0.25) is 9.78 Å². The standard InChI is InChI=1S/C29H33N3O2/c1-20-27(3-2-4-28(20)31-11-13-34-14-12-31)29(33)32-25-7-8-26(32)18-22(17-25)15-21-5-6-24-19-30-10-9-23(24)16-21/h2-6,9-10,16,19,22,25-26H,7-8,11-15,17-18H2,1H3/t25-,26-/m0/s1. The minimum absolute atomic E-state index is 0.233. The molecule has 4 heterocycles. The number of hydrogen-bond acceptors (Lipinski definition) is 4. The highest BCUT2D eigenvalue weighted by molar-refractivity contribution is 5.97. The van der Waals surface area contributed by atoms with E-state index in [1.54, 1.807) is 0 Å². The molecule has 0 spiro atoms. The summed E-state index contributed by atoms with van der Waals surface area (Å²) in [5, 5.41) is 2.46. The molecule has 34 heavy (non-hydrogen) atoms. The van der Waals surface area contributed by atoms with Crippen molar-refractivity contribution in [3.05, 3.63) is 71.5 Å². The minimum Gasteiger partial charge on any atom is -0.378 e. The SMILES string of the molecule is Cc1c(C(=O)N2[C@H]3CC[C@H]2CC(Cc2ccc4cnccc4c2)C3)cccc1N1CCOCC1. The van der Waals surface area contributed by atoms with Crippen molar-refractivity contribution >= 4 is 22.4 Å². The smallest absolute Gasteiger partial charge is 0.254 e. The Morgan fingerprint density at radius 2 is 1.82 bits per heavy atom. The number of aromatic nitrogens is 1. The maximum Gasteiger partial charge on any atom is 0.254 e. The van der Waals surface area contributed by atoms with Gasteiger partial charge in [0.1, 0.15) is 0 Å². The summed E-state index contributed by atoms with van der Waals surface area (Å²) in [7, 11) is 0. The first kappa shape index (κ1) is 21.6. The summed E-state index contributed by atoms with van der Waals surface area (Å²) in [4.78, 5) is 22.6. The van der Waals surface area contributed by atoms with Crippen molar-refractivity contribution in [1.29, 1.82) is 0 Å². The molecule has 2 atom stereocenters. The van der Waals surface area contributed by atoms with Crippen molar-refractivity contribution in [1.82, 2.24) is 9.88 Å². The Morgan fingerprint density at radius 3 is 2.62 bits per heavy atom. The van der Waals surface area contributed by atoms with Crippen LogP contribution in [0.5, 0.6) is 0 Å². The Morgan fingerprint density at radius 1 is 1.03 bits per heavy atom. The number of carbonyl (C=O) groups excluding carboxylic acids is 1. The third kappa shape index (κ3) is 3.96. The fourth-order valence-electron chi connectivity index (χ4n) is 6.52. The van der Waals surface area contributed by atoms with Crippen molar-refractivity contribution in [3.63, 3.8) is 0 Å². The van der Waals surface area contributed by atoms with Gasteiger partial charge in [-0.2, -0.15) is 0 Å².